The van der Waals surface area contributed by atoms with E-state index in [0.29, 0.717) is 6.61 Å². The lowest BCUT2D eigenvalue weighted by Crippen LogP contribution is -2.06. The van der Waals surface area contributed by atoms with Crippen molar-refractivity contribution in [2.75, 3.05) is 12.4 Å². The molecule has 1 atom stereocenters. The Kier molecular flexibility index (Phi) is 6.07. The molecule has 0 aromatic heterocycles. The summed E-state index contributed by atoms with van der Waals surface area (Å²) >= 11 is 7.08. The van der Waals surface area contributed by atoms with Gasteiger partial charge in [0.1, 0.15) is 5.75 Å². The minimum Gasteiger partial charge on any atom is -0.497 e. The summed E-state index contributed by atoms with van der Waals surface area (Å²) in [5, 5.41) is 0.750. The van der Waals surface area contributed by atoms with Gasteiger partial charge < -0.3 is 9.47 Å². The third kappa shape index (κ3) is 4.08. The van der Waals surface area contributed by atoms with Crippen LogP contribution in [0.1, 0.15) is 17.2 Å². The zero-order valence-corrected chi connectivity index (χ0v) is 14.4. The Balaban J connectivity index is 2.06. The summed E-state index contributed by atoms with van der Waals surface area (Å²) in [6.45, 7) is 0.550. The van der Waals surface area contributed by atoms with Gasteiger partial charge in [-0.1, -0.05) is 62.2 Å². The van der Waals surface area contributed by atoms with Gasteiger partial charge in [-0.2, -0.15) is 0 Å². The van der Waals surface area contributed by atoms with Crippen molar-refractivity contribution in [3.05, 3.63) is 64.1 Å². The Bertz CT molecular complexity index is 558. The zero-order chi connectivity index (χ0) is 14.4. The predicted molar refractivity (Wildman–Crippen MR) is 88.5 cm³/mol. The van der Waals surface area contributed by atoms with E-state index in [0.717, 1.165) is 26.7 Å². The number of rotatable bonds is 6. The Labute approximate surface area is 136 Å². The normalized spacial score (nSPS) is 12.2. The van der Waals surface area contributed by atoms with Crippen molar-refractivity contribution in [3.63, 3.8) is 0 Å². The van der Waals surface area contributed by atoms with Crippen LogP contribution in [0.25, 0.3) is 0 Å². The molecule has 0 radical (unpaired) electrons. The lowest BCUT2D eigenvalue weighted by Gasteiger charge is -2.17. The molecular formula is C16H16Br2O2. The highest BCUT2D eigenvalue weighted by Gasteiger charge is 2.13. The standard InChI is InChI=1S/C16H16Br2O2/c1-19-13-6-4-5-12(9-13)11-20-16(10-17)14-7-2-3-8-15(14)18/h2-9,16H,10-11H2,1H3. The molecule has 0 aliphatic rings. The van der Waals surface area contributed by atoms with Crippen molar-refractivity contribution >= 4 is 31.9 Å². The van der Waals surface area contributed by atoms with Gasteiger partial charge in [0.15, 0.2) is 0 Å². The first-order chi connectivity index (χ1) is 9.74. The van der Waals surface area contributed by atoms with Crippen molar-refractivity contribution < 1.29 is 9.47 Å². The van der Waals surface area contributed by atoms with Gasteiger partial charge in [-0.15, -0.1) is 0 Å². The van der Waals surface area contributed by atoms with E-state index >= 15 is 0 Å². The van der Waals surface area contributed by atoms with Gasteiger partial charge in [0.2, 0.25) is 0 Å². The first-order valence-corrected chi connectivity index (χ1v) is 8.21. The Morgan fingerprint density at radius 1 is 1.10 bits per heavy atom. The fraction of sp³-hybridized carbons (Fsp3) is 0.250. The smallest absolute Gasteiger partial charge is 0.119 e. The second kappa shape index (κ2) is 7.81. The molecule has 0 heterocycles. The molecule has 0 bridgehead atoms. The Morgan fingerprint density at radius 2 is 1.90 bits per heavy atom. The molecule has 0 aliphatic heterocycles. The first-order valence-electron chi connectivity index (χ1n) is 6.29. The molecular weight excluding hydrogens is 384 g/mol. The maximum Gasteiger partial charge on any atom is 0.119 e. The topological polar surface area (TPSA) is 18.5 Å². The quantitative estimate of drug-likeness (QED) is 0.628. The van der Waals surface area contributed by atoms with Crippen LogP contribution in [-0.2, 0) is 11.3 Å². The maximum atomic E-state index is 6.01. The van der Waals surface area contributed by atoms with E-state index in [1.54, 1.807) is 7.11 Å². The van der Waals surface area contributed by atoms with E-state index < -0.39 is 0 Å². The molecule has 0 N–H and O–H groups in total. The average molecular weight is 400 g/mol. The van der Waals surface area contributed by atoms with Crippen molar-refractivity contribution in [2.45, 2.75) is 12.7 Å². The molecule has 20 heavy (non-hydrogen) atoms. The van der Waals surface area contributed by atoms with E-state index in [-0.39, 0.29) is 6.10 Å². The Morgan fingerprint density at radius 3 is 2.60 bits per heavy atom. The summed E-state index contributed by atoms with van der Waals surface area (Å²) in [5.41, 5.74) is 2.25. The predicted octanol–water partition coefficient (Wildman–Crippen LogP) is 5.11. The monoisotopic (exact) mass is 398 g/mol. The highest BCUT2D eigenvalue weighted by Crippen LogP contribution is 2.28. The van der Waals surface area contributed by atoms with Gasteiger partial charge in [-0.05, 0) is 29.3 Å². The van der Waals surface area contributed by atoms with Crippen LogP contribution in [0, 0.1) is 0 Å². The lowest BCUT2D eigenvalue weighted by molar-refractivity contribution is 0.0560. The van der Waals surface area contributed by atoms with Crippen LogP contribution in [0.3, 0.4) is 0 Å². The van der Waals surface area contributed by atoms with E-state index in [9.17, 15) is 0 Å². The maximum absolute atomic E-state index is 6.01. The van der Waals surface area contributed by atoms with Crippen molar-refractivity contribution in [2.24, 2.45) is 0 Å². The van der Waals surface area contributed by atoms with Crippen LogP contribution in [0.15, 0.2) is 53.0 Å². The van der Waals surface area contributed by atoms with E-state index in [2.05, 4.69) is 37.9 Å². The molecule has 1 unspecified atom stereocenters. The molecule has 0 fully saturated rings. The second-order valence-electron chi connectivity index (χ2n) is 4.33. The van der Waals surface area contributed by atoms with Gasteiger partial charge in [0.05, 0.1) is 19.8 Å². The third-order valence-electron chi connectivity index (χ3n) is 2.98. The summed E-state index contributed by atoms with van der Waals surface area (Å²) in [7, 11) is 1.67. The van der Waals surface area contributed by atoms with Gasteiger partial charge >= 0.3 is 0 Å². The van der Waals surface area contributed by atoms with Crippen LogP contribution in [0.5, 0.6) is 5.75 Å². The van der Waals surface area contributed by atoms with Crippen molar-refractivity contribution in [3.8, 4) is 5.75 Å². The van der Waals surface area contributed by atoms with Gasteiger partial charge in [-0.3, -0.25) is 0 Å². The molecule has 106 valence electrons. The molecule has 0 saturated carbocycles. The fourth-order valence-corrected chi connectivity index (χ4v) is 2.99. The van der Waals surface area contributed by atoms with Crippen molar-refractivity contribution in [1.29, 1.82) is 0 Å². The van der Waals surface area contributed by atoms with E-state index in [4.69, 9.17) is 9.47 Å². The molecule has 0 amide bonds. The van der Waals surface area contributed by atoms with Crippen molar-refractivity contribution in [1.82, 2.24) is 0 Å². The molecule has 2 nitrogen and oxygen atoms in total. The van der Waals surface area contributed by atoms with Gasteiger partial charge in [0, 0.05) is 9.80 Å². The van der Waals surface area contributed by atoms with E-state index in [1.807, 2.05) is 42.5 Å². The summed E-state index contributed by atoms with van der Waals surface area (Å²) in [4.78, 5) is 0. The number of hydrogen-bond acceptors (Lipinski definition) is 2. The van der Waals surface area contributed by atoms with Gasteiger partial charge in [-0.25, -0.2) is 0 Å². The van der Waals surface area contributed by atoms with Crippen LogP contribution >= 0.6 is 31.9 Å². The molecule has 0 spiro atoms. The molecule has 2 aromatic rings. The zero-order valence-electron chi connectivity index (χ0n) is 11.2. The van der Waals surface area contributed by atoms with Crippen LogP contribution < -0.4 is 4.74 Å². The number of benzene rings is 2. The molecule has 4 heteroatoms. The summed E-state index contributed by atoms with van der Waals surface area (Å²) in [6.07, 6.45) is 0.0109. The van der Waals surface area contributed by atoms with Crippen LogP contribution in [0.2, 0.25) is 0 Å². The first kappa shape index (κ1) is 15.5. The number of halogens is 2. The number of methoxy groups -OCH3 is 1. The largest absolute Gasteiger partial charge is 0.497 e. The average Bonchev–Trinajstić information content (AvgIpc) is 2.49. The fourth-order valence-electron chi connectivity index (χ4n) is 1.91. The van der Waals surface area contributed by atoms with Gasteiger partial charge in [0.25, 0.3) is 0 Å². The molecule has 2 aromatic carbocycles. The highest BCUT2D eigenvalue weighted by molar-refractivity contribution is 9.10. The molecule has 0 saturated heterocycles. The number of alkyl halides is 1. The molecule has 2 rings (SSSR count). The minimum atomic E-state index is 0.0109. The minimum absolute atomic E-state index is 0.0109. The summed E-state index contributed by atoms with van der Waals surface area (Å²) in [5.74, 6) is 0.849. The molecule has 0 aliphatic carbocycles. The lowest BCUT2D eigenvalue weighted by atomic mass is 10.1. The SMILES string of the molecule is COc1cccc(COC(CBr)c2ccccc2Br)c1. The summed E-state index contributed by atoms with van der Waals surface area (Å²) < 4.78 is 12.3. The summed E-state index contributed by atoms with van der Waals surface area (Å²) in [6, 6.07) is 16.0. The van der Waals surface area contributed by atoms with Crippen LogP contribution in [-0.4, -0.2) is 12.4 Å². The highest BCUT2D eigenvalue weighted by atomic mass is 79.9. The van der Waals surface area contributed by atoms with E-state index in [1.165, 1.54) is 0 Å². The number of hydrogen-bond donors (Lipinski definition) is 0. The number of ether oxygens (including phenoxy) is 2. The Hall–Kier alpha value is -0.840. The third-order valence-corrected chi connectivity index (χ3v) is 4.29. The van der Waals surface area contributed by atoms with Crippen LogP contribution in [0.4, 0.5) is 0 Å². The second-order valence-corrected chi connectivity index (χ2v) is 5.83.